The van der Waals surface area contributed by atoms with Crippen LogP contribution in [0.15, 0.2) is 114 Å². The van der Waals surface area contributed by atoms with Crippen LogP contribution < -0.4 is 0 Å². The standard InChI is InChI=1S/C29H20O/c1-2-6-22(7-3-1)23-13-10-20(11-14-23)18-21-12-16-26-28(19-21)30-27-17-15-24-8-4-5-9-25(24)29(26)27/h1-17,19H,18H2. The van der Waals surface area contributed by atoms with Gasteiger partial charge < -0.3 is 4.42 Å². The van der Waals surface area contributed by atoms with E-state index < -0.39 is 0 Å². The zero-order chi connectivity index (χ0) is 19.9. The van der Waals surface area contributed by atoms with E-state index in [1.54, 1.807) is 0 Å². The summed E-state index contributed by atoms with van der Waals surface area (Å²) in [7, 11) is 0. The Hall–Kier alpha value is -3.84. The van der Waals surface area contributed by atoms with Crippen LogP contribution in [-0.2, 0) is 6.42 Å². The van der Waals surface area contributed by atoms with Crippen molar-refractivity contribution >= 4 is 32.7 Å². The Morgan fingerprint density at radius 2 is 1.23 bits per heavy atom. The van der Waals surface area contributed by atoms with Crippen LogP contribution in [-0.4, -0.2) is 0 Å². The predicted molar refractivity (Wildman–Crippen MR) is 126 cm³/mol. The molecule has 0 spiro atoms. The van der Waals surface area contributed by atoms with Gasteiger partial charge in [0, 0.05) is 10.8 Å². The molecule has 1 aromatic heterocycles. The lowest BCUT2D eigenvalue weighted by molar-refractivity contribution is 0.668. The average molecular weight is 384 g/mol. The van der Waals surface area contributed by atoms with Crippen LogP contribution in [0.4, 0.5) is 0 Å². The first-order chi connectivity index (χ1) is 14.8. The monoisotopic (exact) mass is 384 g/mol. The molecule has 0 amide bonds. The van der Waals surface area contributed by atoms with E-state index in [0.29, 0.717) is 0 Å². The van der Waals surface area contributed by atoms with E-state index in [1.165, 1.54) is 43.8 Å². The van der Waals surface area contributed by atoms with E-state index in [-0.39, 0.29) is 0 Å². The molecule has 1 heteroatoms. The molecule has 0 N–H and O–H groups in total. The van der Waals surface area contributed by atoms with Crippen molar-refractivity contribution in [3.8, 4) is 11.1 Å². The average Bonchev–Trinajstić information content (AvgIpc) is 3.18. The normalized spacial score (nSPS) is 11.5. The second-order valence-electron chi connectivity index (χ2n) is 7.83. The van der Waals surface area contributed by atoms with Crippen LogP contribution >= 0.6 is 0 Å². The number of benzene rings is 5. The summed E-state index contributed by atoms with van der Waals surface area (Å²) in [6.07, 6.45) is 0.892. The molecular formula is C29H20O. The molecule has 0 aliphatic carbocycles. The fourth-order valence-corrected chi connectivity index (χ4v) is 4.38. The van der Waals surface area contributed by atoms with Crippen LogP contribution in [0, 0.1) is 0 Å². The summed E-state index contributed by atoms with van der Waals surface area (Å²) < 4.78 is 6.22. The Kier molecular flexibility index (Phi) is 3.92. The van der Waals surface area contributed by atoms with Crippen molar-refractivity contribution in [2.24, 2.45) is 0 Å². The molecule has 6 aromatic rings. The van der Waals surface area contributed by atoms with Crippen LogP contribution in [0.1, 0.15) is 11.1 Å². The highest BCUT2D eigenvalue weighted by Gasteiger charge is 2.11. The molecule has 0 aliphatic heterocycles. The van der Waals surface area contributed by atoms with Crippen molar-refractivity contribution in [1.82, 2.24) is 0 Å². The quantitative estimate of drug-likeness (QED) is 0.301. The zero-order valence-electron chi connectivity index (χ0n) is 16.5. The highest BCUT2D eigenvalue weighted by molar-refractivity contribution is 6.18. The maximum atomic E-state index is 6.22. The summed E-state index contributed by atoms with van der Waals surface area (Å²) in [5.41, 5.74) is 6.97. The summed E-state index contributed by atoms with van der Waals surface area (Å²) in [4.78, 5) is 0. The first-order valence-electron chi connectivity index (χ1n) is 10.3. The lowest BCUT2D eigenvalue weighted by atomic mass is 9.99. The fourth-order valence-electron chi connectivity index (χ4n) is 4.38. The molecule has 0 bridgehead atoms. The fraction of sp³-hybridized carbons (Fsp3) is 0.0345. The minimum Gasteiger partial charge on any atom is -0.456 e. The smallest absolute Gasteiger partial charge is 0.136 e. The van der Waals surface area contributed by atoms with Crippen molar-refractivity contribution < 1.29 is 4.42 Å². The highest BCUT2D eigenvalue weighted by atomic mass is 16.3. The van der Waals surface area contributed by atoms with E-state index in [1.807, 2.05) is 0 Å². The summed E-state index contributed by atoms with van der Waals surface area (Å²) >= 11 is 0. The van der Waals surface area contributed by atoms with E-state index >= 15 is 0 Å². The molecule has 0 radical (unpaired) electrons. The van der Waals surface area contributed by atoms with Gasteiger partial charge in [-0.15, -0.1) is 0 Å². The SMILES string of the molecule is c1ccc(-c2ccc(Cc3ccc4c(c3)oc3ccc5ccccc5c34)cc2)cc1. The summed E-state index contributed by atoms with van der Waals surface area (Å²) in [5, 5.41) is 4.89. The minimum absolute atomic E-state index is 0.892. The molecule has 0 aliphatic rings. The third kappa shape index (κ3) is 2.87. The largest absolute Gasteiger partial charge is 0.456 e. The van der Waals surface area contributed by atoms with E-state index in [9.17, 15) is 0 Å². The van der Waals surface area contributed by atoms with Gasteiger partial charge in [0.1, 0.15) is 11.2 Å². The Labute approximate surface area is 175 Å². The van der Waals surface area contributed by atoms with Gasteiger partial charge in [-0.1, -0.05) is 97.1 Å². The van der Waals surface area contributed by atoms with Gasteiger partial charge in [0.2, 0.25) is 0 Å². The number of hydrogen-bond donors (Lipinski definition) is 0. The minimum atomic E-state index is 0.892. The third-order valence-electron chi connectivity index (χ3n) is 5.90. The van der Waals surface area contributed by atoms with Crippen molar-refractivity contribution in [3.63, 3.8) is 0 Å². The van der Waals surface area contributed by atoms with E-state index in [0.717, 1.165) is 17.6 Å². The Bertz CT molecular complexity index is 1490. The Balaban J connectivity index is 1.36. The molecule has 6 rings (SSSR count). The molecule has 30 heavy (non-hydrogen) atoms. The lowest BCUT2D eigenvalue weighted by Crippen LogP contribution is -1.88. The molecule has 0 saturated carbocycles. The summed E-state index contributed by atoms with van der Waals surface area (Å²) in [6, 6.07) is 38.7. The number of furan rings is 1. The summed E-state index contributed by atoms with van der Waals surface area (Å²) in [5.74, 6) is 0. The second kappa shape index (κ2) is 6.89. The van der Waals surface area contributed by atoms with Crippen molar-refractivity contribution in [2.75, 3.05) is 0 Å². The van der Waals surface area contributed by atoms with E-state index in [4.69, 9.17) is 4.42 Å². The second-order valence-corrected chi connectivity index (χ2v) is 7.83. The third-order valence-corrected chi connectivity index (χ3v) is 5.90. The summed E-state index contributed by atoms with van der Waals surface area (Å²) in [6.45, 7) is 0. The van der Waals surface area contributed by atoms with Gasteiger partial charge in [0.15, 0.2) is 0 Å². The number of rotatable bonds is 3. The molecule has 142 valence electrons. The Morgan fingerprint density at radius 3 is 2.10 bits per heavy atom. The predicted octanol–water partition coefficient (Wildman–Crippen LogP) is 8.00. The van der Waals surface area contributed by atoms with Gasteiger partial charge in [-0.2, -0.15) is 0 Å². The molecular weight excluding hydrogens is 364 g/mol. The Morgan fingerprint density at radius 1 is 0.500 bits per heavy atom. The topological polar surface area (TPSA) is 13.1 Å². The van der Waals surface area contributed by atoms with Crippen LogP contribution in [0.5, 0.6) is 0 Å². The van der Waals surface area contributed by atoms with Gasteiger partial charge >= 0.3 is 0 Å². The number of hydrogen-bond acceptors (Lipinski definition) is 1. The van der Waals surface area contributed by atoms with Crippen molar-refractivity contribution in [1.29, 1.82) is 0 Å². The van der Waals surface area contributed by atoms with Crippen molar-refractivity contribution in [2.45, 2.75) is 6.42 Å². The molecule has 1 heterocycles. The van der Waals surface area contributed by atoms with Crippen LogP contribution in [0.25, 0.3) is 43.8 Å². The molecule has 1 nitrogen and oxygen atoms in total. The zero-order valence-corrected chi connectivity index (χ0v) is 16.5. The van der Waals surface area contributed by atoms with E-state index in [2.05, 4.69) is 109 Å². The lowest BCUT2D eigenvalue weighted by Gasteiger charge is -2.05. The first-order valence-corrected chi connectivity index (χ1v) is 10.3. The highest BCUT2D eigenvalue weighted by Crippen LogP contribution is 2.35. The maximum absolute atomic E-state index is 6.22. The molecule has 0 saturated heterocycles. The van der Waals surface area contributed by atoms with Crippen LogP contribution in [0.3, 0.4) is 0 Å². The van der Waals surface area contributed by atoms with Crippen LogP contribution in [0.2, 0.25) is 0 Å². The van der Waals surface area contributed by atoms with Gasteiger partial charge in [-0.25, -0.2) is 0 Å². The van der Waals surface area contributed by atoms with Crippen molar-refractivity contribution in [3.05, 3.63) is 120 Å². The van der Waals surface area contributed by atoms with Gasteiger partial charge in [0.25, 0.3) is 0 Å². The molecule has 0 atom stereocenters. The molecule has 0 unspecified atom stereocenters. The molecule has 5 aromatic carbocycles. The number of fused-ring (bicyclic) bond motifs is 5. The molecule has 0 fully saturated rings. The van der Waals surface area contributed by atoms with Gasteiger partial charge in [-0.05, 0) is 51.6 Å². The van der Waals surface area contributed by atoms with Gasteiger partial charge in [-0.3, -0.25) is 0 Å². The first kappa shape index (κ1) is 17.1. The maximum Gasteiger partial charge on any atom is 0.136 e. The van der Waals surface area contributed by atoms with Gasteiger partial charge in [0.05, 0.1) is 0 Å².